The maximum absolute atomic E-state index is 12.9. The van der Waals surface area contributed by atoms with Crippen LogP contribution in [-0.2, 0) is 9.59 Å². The van der Waals surface area contributed by atoms with Crippen LogP contribution < -0.4 is 0 Å². The molecule has 7 rings (SSSR count). The Hall–Kier alpha value is -3.55. The van der Waals surface area contributed by atoms with Crippen molar-refractivity contribution < 1.29 is 18.9 Å². The van der Waals surface area contributed by atoms with Crippen molar-refractivity contribution in [2.75, 3.05) is 0 Å². The molecule has 0 N–H and O–H groups in total. The van der Waals surface area contributed by atoms with Crippen molar-refractivity contribution in [3.8, 4) is 11.3 Å². The smallest absolute Gasteiger partial charge is 0.270 e. The van der Waals surface area contributed by atoms with Gasteiger partial charge in [0.25, 0.3) is 17.5 Å². The van der Waals surface area contributed by atoms with Gasteiger partial charge in [-0.05, 0) is 42.2 Å². The molecule has 5 aliphatic rings. The van der Waals surface area contributed by atoms with Crippen LogP contribution in [0.4, 0.5) is 5.69 Å². The molecular formula is C22H17N3O5. The van der Waals surface area contributed by atoms with E-state index in [9.17, 15) is 19.7 Å². The monoisotopic (exact) mass is 403 g/mol. The Bertz CT molecular complexity index is 1130. The predicted octanol–water partition coefficient (Wildman–Crippen LogP) is 3.24. The van der Waals surface area contributed by atoms with E-state index in [-0.39, 0.29) is 41.2 Å². The van der Waals surface area contributed by atoms with Gasteiger partial charge in [-0.3, -0.25) is 19.7 Å². The SMILES string of the molecule is O=C1[C@@H]2[C@H]3C=C[C@@H]([C@@H]4C[C@H]34)[C@H]2C(=O)N1/N=C\c1ccc(-c2cccc([N+](=O)[O-])c2)o1. The van der Waals surface area contributed by atoms with E-state index in [4.69, 9.17) is 4.42 Å². The van der Waals surface area contributed by atoms with Gasteiger partial charge in [-0.1, -0.05) is 24.3 Å². The Kier molecular flexibility index (Phi) is 3.45. The highest BCUT2D eigenvalue weighted by atomic mass is 16.6. The molecule has 2 heterocycles. The van der Waals surface area contributed by atoms with Crippen molar-refractivity contribution in [1.82, 2.24) is 5.01 Å². The highest BCUT2D eigenvalue weighted by Crippen LogP contribution is 2.65. The Morgan fingerprint density at radius 1 is 1.07 bits per heavy atom. The fourth-order valence-electron chi connectivity index (χ4n) is 5.52. The zero-order chi connectivity index (χ0) is 20.6. The molecular weight excluding hydrogens is 386 g/mol. The zero-order valence-electron chi connectivity index (χ0n) is 15.8. The lowest BCUT2D eigenvalue weighted by molar-refractivity contribution is -0.384. The van der Waals surface area contributed by atoms with Gasteiger partial charge in [0.1, 0.15) is 11.5 Å². The lowest BCUT2D eigenvalue weighted by atomic mass is 9.63. The third-order valence-corrected chi connectivity index (χ3v) is 6.91. The Labute approximate surface area is 171 Å². The molecule has 0 radical (unpaired) electrons. The van der Waals surface area contributed by atoms with Gasteiger partial charge in [-0.25, -0.2) is 0 Å². The van der Waals surface area contributed by atoms with E-state index in [0.29, 0.717) is 28.9 Å². The number of benzene rings is 1. The number of imide groups is 1. The summed E-state index contributed by atoms with van der Waals surface area (Å²) in [5, 5.41) is 16.1. The van der Waals surface area contributed by atoms with Crippen molar-refractivity contribution in [2.45, 2.75) is 6.42 Å². The molecule has 1 aliphatic heterocycles. The molecule has 4 aliphatic carbocycles. The lowest BCUT2D eigenvalue weighted by Crippen LogP contribution is -2.40. The largest absolute Gasteiger partial charge is 0.455 e. The number of non-ortho nitro benzene ring substituents is 1. The van der Waals surface area contributed by atoms with Crippen LogP contribution in [0.5, 0.6) is 0 Å². The van der Waals surface area contributed by atoms with Gasteiger partial charge in [-0.15, -0.1) is 0 Å². The van der Waals surface area contributed by atoms with Gasteiger partial charge in [0.05, 0.1) is 23.0 Å². The number of rotatable bonds is 4. The Balaban J connectivity index is 1.24. The van der Waals surface area contributed by atoms with E-state index in [1.54, 1.807) is 24.3 Å². The summed E-state index contributed by atoms with van der Waals surface area (Å²) in [6.07, 6.45) is 6.71. The molecule has 1 aromatic heterocycles. The van der Waals surface area contributed by atoms with Crippen LogP contribution in [0.1, 0.15) is 12.2 Å². The number of nitro groups is 1. The van der Waals surface area contributed by atoms with Gasteiger partial charge in [0, 0.05) is 17.7 Å². The minimum absolute atomic E-state index is 0.0312. The van der Waals surface area contributed by atoms with Gasteiger partial charge in [0.2, 0.25) is 0 Å². The molecule has 2 aromatic rings. The first-order valence-electron chi connectivity index (χ1n) is 9.98. The van der Waals surface area contributed by atoms with Crippen LogP contribution in [0.15, 0.2) is 58.1 Å². The van der Waals surface area contributed by atoms with Gasteiger partial charge >= 0.3 is 0 Å². The summed E-state index contributed by atoms with van der Waals surface area (Å²) in [6.45, 7) is 0. The van der Waals surface area contributed by atoms with Crippen molar-refractivity contribution in [1.29, 1.82) is 0 Å². The molecule has 1 aromatic carbocycles. The van der Waals surface area contributed by atoms with E-state index in [0.717, 1.165) is 11.4 Å². The van der Waals surface area contributed by atoms with Crippen LogP contribution in [0.25, 0.3) is 11.3 Å². The third-order valence-electron chi connectivity index (χ3n) is 6.91. The molecule has 3 fully saturated rings. The van der Waals surface area contributed by atoms with E-state index < -0.39 is 4.92 Å². The number of hydrogen-bond acceptors (Lipinski definition) is 6. The summed E-state index contributed by atoms with van der Waals surface area (Å²) in [4.78, 5) is 36.3. The van der Waals surface area contributed by atoms with E-state index in [2.05, 4.69) is 17.3 Å². The number of nitro benzene ring substituents is 1. The molecule has 8 nitrogen and oxygen atoms in total. The van der Waals surface area contributed by atoms with Crippen LogP contribution in [0, 0.1) is 45.6 Å². The average molecular weight is 403 g/mol. The molecule has 0 unspecified atom stereocenters. The average Bonchev–Trinajstić information content (AvgIpc) is 3.39. The minimum atomic E-state index is -0.467. The van der Waals surface area contributed by atoms with Crippen molar-refractivity contribution in [2.24, 2.45) is 40.6 Å². The molecule has 2 bridgehead atoms. The molecule has 0 spiro atoms. The maximum Gasteiger partial charge on any atom is 0.270 e. The third kappa shape index (κ3) is 2.36. The number of carbonyl (C=O) groups is 2. The minimum Gasteiger partial charge on any atom is -0.455 e. The topological polar surface area (TPSA) is 106 Å². The van der Waals surface area contributed by atoms with Crippen molar-refractivity contribution in [3.63, 3.8) is 0 Å². The first kappa shape index (κ1) is 17.3. The van der Waals surface area contributed by atoms with Crippen LogP contribution in [0.3, 0.4) is 0 Å². The zero-order valence-corrected chi connectivity index (χ0v) is 15.8. The number of carbonyl (C=O) groups excluding carboxylic acids is 2. The van der Waals surface area contributed by atoms with E-state index in [1.165, 1.54) is 18.3 Å². The predicted molar refractivity (Wildman–Crippen MR) is 105 cm³/mol. The number of furan rings is 1. The van der Waals surface area contributed by atoms with Gasteiger partial charge in [0.15, 0.2) is 0 Å². The molecule has 8 heteroatoms. The lowest BCUT2D eigenvalue weighted by Gasteiger charge is -2.37. The standard InChI is InChI=1S/C22H17N3O5/c26-21-19-14-5-6-15(17-9-16(14)17)20(19)22(27)24(21)23-10-13-4-7-18(30-13)11-2-1-3-12(8-11)25(28)29/h1-8,10,14-17,19-20H,9H2/b23-10-/t14-,15-,16-,17+,19+,20+/m0/s1. The highest BCUT2D eigenvalue weighted by molar-refractivity contribution is 6.06. The second kappa shape index (κ2) is 5.98. The fraction of sp³-hybridized carbons (Fsp3) is 0.318. The second-order valence-electron chi connectivity index (χ2n) is 8.40. The summed E-state index contributed by atoms with van der Waals surface area (Å²) in [5.74, 6) is 1.18. The molecule has 1 saturated heterocycles. The fourth-order valence-corrected chi connectivity index (χ4v) is 5.52. The number of hydrazone groups is 1. The summed E-state index contributed by atoms with van der Waals surface area (Å²) >= 11 is 0. The normalized spacial score (nSPS) is 33.3. The van der Waals surface area contributed by atoms with Gasteiger partial charge in [-0.2, -0.15) is 10.1 Å². The van der Waals surface area contributed by atoms with Crippen molar-refractivity contribution >= 4 is 23.7 Å². The molecule has 150 valence electrons. The molecule has 2 amide bonds. The summed E-state index contributed by atoms with van der Waals surface area (Å²) in [5.41, 5.74) is 0.529. The highest BCUT2D eigenvalue weighted by Gasteiger charge is 2.67. The van der Waals surface area contributed by atoms with E-state index >= 15 is 0 Å². The summed E-state index contributed by atoms with van der Waals surface area (Å²) in [6, 6.07) is 9.44. The Morgan fingerprint density at radius 2 is 1.77 bits per heavy atom. The quantitative estimate of drug-likeness (QED) is 0.256. The first-order chi connectivity index (χ1) is 14.5. The Morgan fingerprint density at radius 3 is 2.43 bits per heavy atom. The van der Waals surface area contributed by atoms with E-state index in [1.807, 2.05) is 0 Å². The molecule has 2 saturated carbocycles. The van der Waals surface area contributed by atoms with Crippen molar-refractivity contribution in [3.05, 3.63) is 64.4 Å². The molecule has 6 atom stereocenters. The molecule has 30 heavy (non-hydrogen) atoms. The van der Waals surface area contributed by atoms with Crippen LogP contribution in [-0.4, -0.2) is 28.0 Å². The number of allylic oxidation sites excluding steroid dienone is 2. The first-order valence-corrected chi connectivity index (χ1v) is 9.98. The van der Waals surface area contributed by atoms with Crippen LogP contribution in [0.2, 0.25) is 0 Å². The van der Waals surface area contributed by atoms with Gasteiger partial charge < -0.3 is 4.42 Å². The summed E-state index contributed by atoms with van der Waals surface area (Å²) in [7, 11) is 0. The second-order valence-corrected chi connectivity index (χ2v) is 8.40. The number of amides is 2. The number of hydrogen-bond donors (Lipinski definition) is 0. The number of nitrogens with zero attached hydrogens (tertiary/aromatic N) is 3. The summed E-state index contributed by atoms with van der Waals surface area (Å²) < 4.78 is 5.70. The maximum atomic E-state index is 12.9. The van der Waals surface area contributed by atoms with Crippen LogP contribution >= 0.6 is 0 Å².